The van der Waals surface area contributed by atoms with E-state index in [2.05, 4.69) is 5.10 Å². The molecule has 0 unspecified atom stereocenters. The lowest BCUT2D eigenvalue weighted by atomic mass is 9.88. The van der Waals surface area contributed by atoms with Crippen molar-refractivity contribution in [1.29, 1.82) is 0 Å². The number of aromatic nitrogens is 2. The van der Waals surface area contributed by atoms with E-state index in [1.165, 1.54) is 29.4 Å². The Morgan fingerprint density at radius 3 is 2.71 bits per heavy atom. The summed E-state index contributed by atoms with van der Waals surface area (Å²) in [6, 6.07) is 15.4. The van der Waals surface area contributed by atoms with Crippen LogP contribution in [0.2, 0.25) is 5.02 Å². The van der Waals surface area contributed by atoms with Gasteiger partial charge in [0.15, 0.2) is 0 Å². The topological polar surface area (TPSA) is 97.7 Å². The van der Waals surface area contributed by atoms with Gasteiger partial charge < -0.3 is 9.52 Å². The van der Waals surface area contributed by atoms with Crippen molar-refractivity contribution in [2.24, 2.45) is 5.10 Å². The molecule has 1 N–H and O–H groups in total. The highest BCUT2D eigenvalue weighted by Gasteiger charge is 2.22. The predicted octanol–water partition coefficient (Wildman–Crippen LogP) is 5.94. The van der Waals surface area contributed by atoms with Crippen molar-refractivity contribution in [3.63, 3.8) is 0 Å². The average Bonchev–Trinajstić information content (AvgIpc) is 3.33. The molecule has 0 saturated heterocycles. The highest BCUT2D eigenvalue weighted by molar-refractivity contribution is 6.33. The number of fused-ring (bicyclic) bond motifs is 1. The number of para-hydroxylation sites is 1. The van der Waals surface area contributed by atoms with E-state index in [1.807, 2.05) is 18.2 Å². The van der Waals surface area contributed by atoms with Gasteiger partial charge in [0.2, 0.25) is 0 Å². The first-order chi connectivity index (χ1) is 16.5. The van der Waals surface area contributed by atoms with Crippen LogP contribution >= 0.6 is 11.6 Å². The Kier molecular flexibility index (Phi) is 6.02. The highest BCUT2D eigenvalue weighted by atomic mass is 35.5. The fourth-order valence-electron chi connectivity index (χ4n) is 4.41. The van der Waals surface area contributed by atoms with Crippen molar-refractivity contribution in [1.82, 2.24) is 9.66 Å². The number of furan rings is 1. The lowest BCUT2D eigenvalue weighted by molar-refractivity contribution is 0.0697. The van der Waals surface area contributed by atoms with Crippen molar-refractivity contribution in [3.05, 3.63) is 87.1 Å². The van der Waals surface area contributed by atoms with E-state index in [0.29, 0.717) is 33.8 Å². The second-order valence-electron chi connectivity index (χ2n) is 8.39. The molecule has 7 nitrogen and oxygen atoms in total. The number of benzene rings is 2. The molecular weight excluding hydrogens is 454 g/mol. The van der Waals surface area contributed by atoms with E-state index in [0.717, 1.165) is 25.7 Å². The molecule has 2 heterocycles. The maximum Gasteiger partial charge on any atom is 0.337 e. The van der Waals surface area contributed by atoms with Gasteiger partial charge in [0.1, 0.15) is 17.3 Å². The first-order valence-electron chi connectivity index (χ1n) is 11.2. The van der Waals surface area contributed by atoms with Crippen LogP contribution in [0.1, 0.15) is 60.0 Å². The molecule has 5 rings (SSSR count). The first-order valence-corrected chi connectivity index (χ1v) is 11.6. The molecule has 0 radical (unpaired) electrons. The molecular formula is C26H22ClN3O4. The number of rotatable bonds is 5. The Morgan fingerprint density at radius 2 is 1.91 bits per heavy atom. The SMILES string of the molecule is O=C(O)c1cc(-c2ccc(C=Nn3c(C4CCCCC4)nc4ccccc4c3=O)o2)ccc1Cl. The van der Waals surface area contributed by atoms with Gasteiger partial charge in [0.05, 0.1) is 27.7 Å². The third kappa shape index (κ3) is 4.26. The zero-order valence-corrected chi connectivity index (χ0v) is 19.0. The van der Waals surface area contributed by atoms with Crippen molar-refractivity contribution in [3.8, 4) is 11.3 Å². The van der Waals surface area contributed by atoms with Crippen LogP contribution in [0.3, 0.4) is 0 Å². The summed E-state index contributed by atoms with van der Waals surface area (Å²) in [6.45, 7) is 0. The molecule has 0 atom stereocenters. The van der Waals surface area contributed by atoms with Crippen LogP contribution < -0.4 is 5.56 Å². The lowest BCUT2D eigenvalue weighted by Gasteiger charge is -2.22. The number of nitrogens with zero attached hydrogens (tertiary/aromatic N) is 3. The Morgan fingerprint density at radius 1 is 1.12 bits per heavy atom. The summed E-state index contributed by atoms with van der Waals surface area (Å²) in [7, 11) is 0. The maximum atomic E-state index is 13.3. The number of carbonyl (C=O) groups is 1. The van der Waals surface area contributed by atoms with Gasteiger partial charge in [-0.25, -0.2) is 9.78 Å². The molecule has 0 spiro atoms. The van der Waals surface area contributed by atoms with Crippen molar-refractivity contribution in [2.45, 2.75) is 38.0 Å². The molecule has 172 valence electrons. The van der Waals surface area contributed by atoms with Crippen molar-refractivity contribution in [2.75, 3.05) is 0 Å². The summed E-state index contributed by atoms with van der Waals surface area (Å²) < 4.78 is 7.25. The Labute approximate surface area is 200 Å². The number of halogens is 1. The van der Waals surface area contributed by atoms with Crippen LogP contribution in [0, 0.1) is 0 Å². The molecule has 34 heavy (non-hydrogen) atoms. The van der Waals surface area contributed by atoms with Gasteiger partial charge in [-0.3, -0.25) is 4.79 Å². The number of carboxylic acid groups (broad SMARTS) is 1. The van der Waals surface area contributed by atoms with Crippen molar-refractivity contribution >= 4 is 34.7 Å². The highest BCUT2D eigenvalue weighted by Crippen LogP contribution is 2.32. The second-order valence-corrected chi connectivity index (χ2v) is 8.79. The smallest absolute Gasteiger partial charge is 0.337 e. The minimum atomic E-state index is -1.11. The summed E-state index contributed by atoms with van der Waals surface area (Å²) >= 11 is 5.97. The molecule has 1 fully saturated rings. The zero-order valence-electron chi connectivity index (χ0n) is 18.3. The van der Waals surface area contributed by atoms with Gasteiger partial charge in [-0.15, -0.1) is 0 Å². The minimum absolute atomic E-state index is 0.00306. The molecule has 1 aliphatic rings. The third-order valence-electron chi connectivity index (χ3n) is 6.16. The normalized spacial score (nSPS) is 14.7. The van der Waals surface area contributed by atoms with Crippen LogP contribution in [0.15, 0.2) is 68.9 Å². The molecule has 2 aromatic carbocycles. The number of carboxylic acids is 1. The fraction of sp³-hybridized carbons (Fsp3) is 0.231. The molecule has 0 amide bonds. The van der Waals surface area contributed by atoms with Gasteiger partial charge in [-0.1, -0.05) is 43.0 Å². The summed E-state index contributed by atoms with van der Waals surface area (Å²) in [6.07, 6.45) is 6.86. The number of hydrogen-bond donors (Lipinski definition) is 1. The molecule has 0 bridgehead atoms. The maximum absolute atomic E-state index is 13.3. The van der Waals surface area contributed by atoms with E-state index in [4.69, 9.17) is 21.0 Å². The lowest BCUT2D eigenvalue weighted by Crippen LogP contribution is -2.25. The first kappa shape index (κ1) is 22.1. The summed E-state index contributed by atoms with van der Waals surface area (Å²) in [4.78, 5) is 29.5. The van der Waals surface area contributed by atoms with Gasteiger partial charge in [-0.05, 0) is 55.3 Å². The van der Waals surface area contributed by atoms with E-state index < -0.39 is 5.97 Å². The Balaban J connectivity index is 1.52. The minimum Gasteiger partial charge on any atom is -0.478 e. The molecule has 4 aromatic rings. The molecule has 8 heteroatoms. The van der Waals surface area contributed by atoms with Crippen molar-refractivity contribution < 1.29 is 14.3 Å². The molecule has 1 saturated carbocycles. The summed E-state index contributed by atoms with van der Waals surface area (Å²) in [5.41, 5.74) is 1.04. The van der Waals surface area contributed by atoms with Crippen LogP contribution in [-0.4, -0.2) is 27.0 Å². The van der Waals surface area contributed by atoms with Gasteiger partial charge in [0.25, 0.3) is 5.56 Å². The third-order valence-corrected chi connectivity index (χ3v) is 6.49. The standard InChI is InChI=1S/C26H22ClN3O4/c27-21-12-10-17(14-20(21)26(32)33)23-13-11-18(34-23)15-28-30-24(16-6-2-1-3-7-16)29-22-9-5-4-8-19(22)25(30)31/h4-5,8-16H,1-3,6-7H2,(H,32,33). The fourth-order valence-corrected chi connectivity index (χ4v) is 4.61. The zero-order chi connectivity index (χ0) is 23.7. The van der Waals surface area contributed by atoms with Gasteiger partial charge >= 0.3 is 5.97 Å². The van der Waals surface area contributed by atoms with E-state index in [9.17, 15) is 14.7 Å². The summed E-state index contributed by atoms with van der Waals surface area (Å²) in [5.74, 6) is 0.640. The Bertz CT molecular complexity index is 1460. The largest absolute Gasteiger partial charge is 0.478 e. The molecule has 1 aliphatic carbocycles. The van der Waals surface area contributed by atoms with Crippen LogP contribution in [0.5, 0.6) is 0 Å². The average molecular weight is 476 g/mol. The van der Waals surface area contributed by atoms with E-state index in [-0.39, 0.29) is 22.1 Å². The number of aromatic carboxylic acids is 1. The monoisotopic (exact) mass is 475 g/mol. The van der Waals surface area contributed by atoms with Crippen LogP contribution in [0.4, 0.5) is 0 Å². The van der Waals surface area contributed by atoms with Crippen LogP contribution in [-0.2, 0) is 0 Å². The Hall–Kier alpha value is -3.71. The number of hydrogen-bond acceptors (Lipinski definition) is 5. The molecule has 0 aliphatic heterocycles. The summed E-state index contributed by atoms with van der Waals surface area (Å²) in [5, 5.41) is 14.5. The quantitative estimate of drug-likeness (QED) is 0.360. The second kappa shape index (κ2) is 9.27. The predicted molar refractivity (Wildman–Crippen MR) is 131 cm³/mol. The van der Waals surface area contributed by atoms with Gasteiger partial charge in [0, 0.05) is 11.5 Å². The van der Waals surface area contributed by atoms with E-state index >= 15 is 0 Å². The van der Waals surface area contributed by atoms with Gasteiger partial charge in [-0.2, -0.15) is 9.78 Å². The van der Waals surface area contributed by atoms with E-state index in [1.54, 1.807) is 24.3 Å². The van der Waals surface area contributed by atoms with Crippen LogP contribution in [0.25, 0.3) is 22.2 Å². The molecule has 2 aromatic heterocycles.